The van der Waals surface area contributed by atoms with Gasteiger partial charge in [-0.2, -0.15) is 5.26 Å². The molecule has 8 nitrogen and oxygen atoms in total. The van der Waals surface area contributed by atoms with Gasteiger partial charge >= 0.3 is 5.97 Å². The van der Waals surface area contributed by atoms with Crippen LogP contribution in [0.25, 0.3) is 16.6 Å². The average Bonchev–Trinajstić information content (AvgIpc) is 2.70. The number of ether oxygens (including phenoxy) is 2. The standard InChI is InChI=1S/C21H20N4O4/c1-5-29-21(27)15-8-7-13-17(24-15)14(10-22)19(23)25(20(13)26)18-11(2)6-9-16(28-4)12(18)3/h6-9H,5,23H2,1-4H3. The number of aryl methyl sites for hydroxylation is 1. The molecule has 3 aromatic rings. The smallest absolute Gasteiger partial charge is 0.356 e. The molecule has 0 aliphatic carbocycles. The van der Waals surface area contributed by atoms with Crippen LogP contribution in [0.2, 0.25) is 0 Å². The van der Waals surface area contributed by atoms with Crippen molar-refractivity contribution in [1.82, 2.24) is 9.55 Å². The topological polar surface area (TPSA) is 120 Å². The van der Waals surface area contributed by atoms with Crippen LogP contribution >= 0.6 is 0 Å². The fraction of sp³-hybridized carbons (Fsp3) is 0.238. The highest BCUT2D eigenvalue weighted by atomic mass is 16.5. The number of aromatic nitrogens is 2. The second-order valence-corrected chi connectivity index (χ2v) is 6.38. The SMILES string of the molecule is CCOC(=O)c1ccc2c(=O)n(-c3c(C)ccc(OC)c3C)c(N)c(C#N)c2n1. The van der Waals surface area contributed by atoms with Crippen molar-refractivity contribution < 1.29 is 14.3 Å². The first-order chi connectivity index (χ1) is 13.8. The normalized spacial score (nSPS) is 10.6. The number of methoxy groups -OCH3 is 1. The van der Waals surface area contributed by atoms with E-state index in [1.165, 1.54) is 23.8 Å². The van der Waals surface area contributed by atoms with Gasteiger partial charge in [0.25, 0.3) is 5.56 Å². The Hall–Kier alpha value is -3.86. The molecule has 3 rings (SSSR count). The number of nitrogens with zero attached hydrogens (tertiary/aromatic N) is 3. The molecule has 2 heterocycles. The van der Waals surface area contributed by atoms with Crippen LogP contribution in [0.5, 0.6) is 5.75 Å². The van der Waals surface area contributed by atoms with Gasteiger partial charge in [0.1, 0.15) is 28.9 Å². The predicted molar refractivity (Wildman–Crippen MR) is 108 cm³/mol. The number of nitrogen functional groups attached to an aromatic ring is 1. The Morgan fingerprint density at radius 2 is 2.00 bits per heavy atom. The van der Waals surface area contributed by atoms with Gasteiger partial charge in [-0.15, -0.1) is 0 Å². The number of benzene rings is 1. The highest BCUT2D eigenvalue weighted by Gasteiger charge is 2.22. The number of hydrogen-bond donors (Lipinski definition) is 1. The van der Waals surface area contributed by atoms with E-state index in [1.54, 1.807) is 13.0 Å². The first-order valence-electron chi connectivity index (χ1n) is 8.92. The Bertz CT molecular complexity index is 1240. The van der Waals surface area contributed by atoms with Gasteiger partial charge in [0, 0.05) is 5.56 Å². The minimum Gasteiger partial charge on any atom is -0.496 e. The van der Waals surface area contributed by atoms with Crippen molar-refractivity contribution in [3.8, 4) is 17.5 Å². The van der Waals surface area contributed by atoms with Crippen molar-refractivity contribution in [2.45, 2.75) is 20.8 Å². The van der Waals surface area contributed by atoms with Crippen LogP contribution in [0.15, 0.2) is 29.1 Å². The van der Waals surface area contributed by atoms with Gasteiger partial charge in [-0.05, 0) is 44.5 Å². The van der Waals surface area contributed by atoms with Gasteiger partial charge in [0.15, 0.2) is 0 Å². The monoisotopic (exact) mass is 392 g/mol. The number of pyridine rings is 2. The number of fused-ring (bicyclic) bond motifs is 1. The highest BCUT2D eigenvalue weighted by molar-refractivity contribution is 5.94. The Morgan fingerprint density at radius 1 is 1.28 bits per heavy atom. The third-order valence-electron chi connectivity index (χ3n) is 4.69. The lowest BCUT2D eigenvalue weighted by atomic mass is 10.1. The van der Waals surface area contributed by atoms with E-state index in [4.69, 9.17) is 15.2 Å². The van der Waals surface area contributed by atoms with Crippen molar-refractivity contribution >= 4 is 22.7 Å². The van der Waals surface area contributed by atoms with Crippen LogP contribution in [0, 0.1) is 25.2 Å². The van der Waals surface area contributed by atoms with Gasteiger partial charge in [-0.25, -0.2) is 9.78 Å². The zero-order chi connectivity index (χ0) is 21.3. The number of anilines is 1. The van der Waals surface area contributed by atoms with Gasteiger partial charge in [-0.3, -0.25) is 9.36 Å². The first kappa shape index (κ1) is 19.9. The maximum Gasteiger partial charge on any atom is 0.356 e. The van der Waals surface area contributed by atoms with Gasteiger partial charge < -0.3 is 15.2 Å². The molecule has 29 heavy (non-hydrogen) atoms. The zero-order valence-corrected chi connectivity index (χ0v) is 16.6. The summed E-state index contributed by atoms with van der Waals surface area (Å²) in [4.78, 5) is 29.5. The summed E-state index contributed by atoms with van der Waals surface area (Å²) in [6.45, 7) is 5.51. The number of carbonyl (C=O) groups is 1. The van der Waals surface area contributed by atoms with E-state index in [1.807, 2.05) is 26.0 Å². The molecule has 8 heteroatoms. The van der Waals surface area contributed by atoms with E-state index in [9.17, 15) is 14.9 Å². The van der Waals surface area contributed by atoms with Crippen LogP contribution in [0.1, 0.15) is 34.1 Å². The molecule has 0 amide bonds. The lowest BCUT2D eigenvalue weighted by molar-refractivity contribution is 0.0520. The number of nitrogens with two attached hydrogens (primary N) is 1. The summed E-state index contributed by atoms with van der Waals surface area (Å²) in [7, 11) is 1.54. The minimum atomic E-state index is -0.638. The molecule has 0 aliphatic rings. The molecule has 0 atom stereocenters. The molecule has 0 saturated carbocycles. The second kappa shape index (κ2) is 7.64. The van der Waals surface area contributed by atoms with Crippen LogP contribution in [0.3, 0.4) is 0 Å². The van der Waals surface area contributed by atoms with Gasteiger partial charge in [0.2, 0.25) is 0 Å². The number of rotatable bonds is 4. The highest BCUT2D eigenvalue weighted by Crippen LogP contribution is 2.30. The summed E-state index contributed by atoms with van der Waals surface area (Å²) in [5, 5.41) is 9.90. The van der Waals surface area contributed by atoms with Crippen molar-refractivity contribution in [1.29, 1.82) is 5.26 Å². The molecule has 148 valence electrons. The van der Waals surface area contributed by atoms with E-state index in [0.29, 0.717) is 17.0 Å². The summed E-state index contributed by atoms with van der Waals surface area (Å²) in [6.07, 6.45) is 0. The number of esters is 1. The van der Waals surface area contributed by atoms with Crippen LogP contribution in [-0.2, 0) is 4.74 Å². The molecule has 0 fully saturated rings. The molecule has 2 N–H and O–H groups in total. The lowest BCUT2D eigenvalue weighted by Crippen LogP contribution is -2.25. The fourth-order valence-corrected chi connectivity index (χ4v) is 3.32. The van der Waals surface area contributed by atoms with E-state index >= 15 is 0 Å². The van der Waals surface area contributed by atoms with Crippen molar-refractivity contribution in [2.75, 3.05) is 19.5 Å². The van der Waals surface area contributed by atoms with E-state index in [-0.39, 0.29) is 34.6 Å². The second-order valence-electron chi connectivity index (χ2n) is 6.38. The Morgan fingerprint density at radius 3 is 2.62 bits per heavy atom. The van der Waals surface area contributed by atoms with E-state index in [0.717, 1.165) is 5.56 Å². The van der Waals surface area contributed by atoms with Crippen molar-refractivity contribution in [3.05, 3.63) is 57.0 Å². The first-order valence-corrected chi connectivity index (χ1v) is 8.92. The summed E-state index contributed by atoms with van der Waals surface area (Å²) >= 11 is 0. The third-order valence-corrected chi connectivity index (χ3v) is 4.69. The molecule has 0 unspecified atom stereocenters. The van der Waals surface area contributed by atoms with Crippen molar-refractivity contribution in [3.63, 3.8) is 0 Å². The molecule has 0 bridgehead atoms. The Labute approximate surface area is 167 Å². The maximum atomic E-state index is 13.3. The predicted octanol–water partition coefficient (Wildman–Crippen LogP) is 2.64. The van der Waals surface area contributed by atoms with Crippen LogP contribution in [0.4, 0.5) is 5.82 Å². The number of nitriles is 1. The maximum absolute atomic E-state index is 13.3. The number of hydrogen-bond acceptors (Lipinski definition) is 7. The number of carbonyl (C=O) groups excluding carboxylic acids is 1. The third kappa shape index (κ3) is 3.17. The Balaban J connectivity index is 2.41. The summed E-state index contributed by atoms with van der Waals surface area (Å²) in [6, 6.07) is 8.48. The van der Waals surface area contributed by atoms with Gasteiger partial charge in [-0.1, -0.05) is 6.07 Å². The molecule has 0 radical (unpaired) electrons. The fourth-order valence-electron chi connectivity index (χ4n) is 3.32. The summed E-state index contributed by atoms with van der Waals surface area (Å²) in [5.74, 6) is -0.107. The molecule has 0 saturated heterocycles. The Kier molecular flexibility index (Phi) is 5.24. The molecule has 2 aromatic heterocycles. The van der Waals surface area contributed by atoms with Crippen molar-refractivity contribution in [2.24, 2.45) is 0 Å². The molecular formula is C21H20N4O4. The van der Waals surface area contributed by atoms with E-state index < -0.39 is 11.5 Å². The molecule has 1 aromatic carbocycles. The summed E-state index contributed by atoms with van der Waals surface area (Å²) < 4.78 is 11.6. The van der Waals surface area contributed by atoms with Gasteiger partial charge in [0.05, 0.1) is 30.3 Å². The lowest BCUT2D eigenvalue weighted by Gasteiger charge is -2.19. The largest absolute Gasteiger partial charge is 0.496 e. The quantitative estimate of drug-likeness (QED) is 0.678. The molecule has 0 aliphatic heterocycles. The molecule has 0 spiro atoms. The van der Waals surface area contributed by atoms with E-state index in [2.05, 4.69) is 4.98 Å². The van der Waals surface area contributed by atoms with Crippen LogP contribution < -0.4 is 16.0 Å². The summed E-state index contributed by atoms with van der Waals surface area (Å²) in [5.41, 5.74) is 7.92. The van der Waals surface area contributed by atoms with Crippen LogP contribution in [-0.4, -0.2) is 29.2 Å². The average molecular weight is 392 g/mol. The zero-order valence-electron chi connectivity index (χ0n) is 16.6. The minimum absolute atomic E-state index is 0.00106. The molecular weight excluding hydrogens is 372 g/mol.